The summed E-state index contributed by atoms with van der Waals surface area (Å²) in [4.78, 5) is 27.7. The third kappa shape index (κ3) is 4.89. The maximum atomic E-state index is 12.8. The van der Waals surface area contributed by atoms with E-state index in [1.165, 1.54) is 18.3 Å². The number of aromatic nitrogens is 1. The summed E-state index contributed by atoms with van der Waals surface area (Å²) in [5, 5.41) is 11.6. The van der Waals surface area contributed by atoms with E-state index in [9.17, 15) is 9.59 Å². The van der Waals surface area contributed by atoms with Crippen molar-refractivity contribution in [2.24, 2.45) is 0 Å². The van der Waals surface area contributed by atoms with Gasteiger partial charge in [0.2, 0.25) is 6.79 Å². The van der Waals surface area contributed by atoms with Crippen LogP contribution < -0.4 is 24.3 Å². The van der Waals surface area contributed by atoms with Gasteiger partial charge < -0.3 is 29.4 Å². The molecule has 0 bridgehead atoms. The number of benzene rings is 2. The van der Waals surface area contributed by atoms with Crippen molar-refractivity contribution >= 4 is 17.7 Å². The summed E-state index contributed by atoms with van der Waals surface area (Å²) in [6.07, 6.45) is 1.06. The van der Waals surface area contributed by atoms with Crippen molar-refractivity contribution in [3.63, 3.8) is 0 Å². The highest BCUT2D eigenvalue weighted by atomic mass is 16.7. The average molecular weight is 436 g/mol. The second-order valence-corrected chi connectivity index (χ2v) is 7.17. The molecule has 2 heterocycles. The molecule has 0 radical (unpaired) electrons. The smallest absolute Gasteiger partial charge is 0.337 e. The predicted octanol–water partition coefficient (Wildman–Crippen LogP) is 4.34. The Labute approximate surface area is 183 Å². The Morgan fingerprint density at radius 2 is 1.75 bits per heavy atom. The molecule has 9 heteroatoms. The van der Waals surface area contributed by atoms with Gasteiger partial charge in [0.05, 0.1) is 11.7 Å². The van der Waals surface area contributed by atoms with Crippen LogP contribution in [-0.4, -0.2) is 34.9 Å². The molecule has 2 N–H and O–H groups in total. The summed E-state index contributed by atoms with van der Waals surface area (Å²) in [5.41, 5.74) is 0.303. The highest BCUT2D eigenvalue weighted by Crippen LogP contribution is 2.37. The summed E-state index contributed by atoms with van der Waals surface area (Å²) >= 11 is 0. The number of hydrogen-bond donors (Lipinski definition) is 2. The Balaban J connectivity index is 1.57. The summed E-state index contributed by atoms with van der Waals surface area (Å²) < 4.78 is 22.4. The van der Waals surface area contributed by atoms with Crippen LogP contribution in [0, 0.1) is 0 Å². The first-order valence-electron chi connectivity index (χ1n) is 9.77. The molecule has 1 aliphatic heterocycles. The van der Waals surface area contributed by atoms with Crippen LogP contribution >= 0.6 is 0 Å². The van der Waals surface area contributed by atoms with E-state index in [1.54, 1.807) is 36.4 Å². The molecule has 1 aliphatic rings. The lowest BCUT2D eigenvalue weighted by Crippen LogP contribution is -2.14. The summed E-state index contributed by atoms with van der Waals surface area (Å²) in [6, 6.07) is 12.8. The Hall–Kier alpha value is -4.27. The van der Waals surface area contributed by atoms with E-state index in [-0.39, 0.29) is 29.8 Å². The van der Waals surface area contributed by atoms with Crippen LogP contribution in [0.4, 0.5) is 5.82 Å². The van der Waals surface area contributed by atoms with Crippen molar-refractivity contribution in [3.05, 3.63) is 65.9 Å². The highest BCUT2D eigenvalue weighted by Gasteiger charge is 2.16. The van der Waals surface area contributed by atoms with Crippen molar-refractivity contribution in [1.82, 2.24) is 4.98 Å². The molecule has 1 aromatic heterocycles. The lowest BCUT2D eigenvalue weighted by atomic mass is 10.1. The number of ether oxygens (including phenoxy) is 4. The number of carbonyl (C=O) groups excluding carboxylic acids is 1. The van der Waals surface area contributed by atoms with Gasteiger partial charge in [-0.25, -0.2) is 9.78 Å². The van der Waals surface area contributed by atoms with Crippen LogP contribution in [0.5, 0.6) is 28.7 Å². The summed E-state index contributed by atoms with van der Waals surface area (Å²) in [7, 11) is 0. The molecule has 4 rings (SSSR count). The van der Waals surface area contributed by atoms with Crippen LogP contribution in [0.3, 0.4) is 0 Å². The molecule has 164 valence electrons. The third-order valence-corrected chi connectivity index (χ3v) is 4.35. The first-order chi connectivity index (χ1) is 15.4. The second kappa shape index (κ2) is 8.84. The van der Waals surface area contributed by atoms with E-state index in [0.717, 1.165) is 0 Å². The molecule has 0 atom stereocenters. The van der Waals surface area contributed by atoms with Crippen LogP contribution in [0.2, 0.25) is 0 Å². The number of amides is 1. The number of fused-ring (bicyclic) bond motifs is 1. The first kappa shape index (κ1) is 21.0. The van der Waals surface area contributed by atoms with E-state index >= 15 is 0 Å². The second-order valence-electron chi connectivity index (χ2n) is 7.17. The Morgan fingerprint density at radius 3 is 2.47 bits per heavy atom. The molecule has 1 amide bonds. The van der Waals surface area contributed by atoms with Crippen molar-refractivity contribution < 1.29 is 33.6 Å². The zero-order valence-corrected chi connectivity index (χ0v) is 17.3. The Bertz CT molecular complexity index is 1160. The van der Waals surface area contributed by atoms with Crippen molar-refractivity contribution in [3.8, 4) is 28.7 Å². The number of nitrogens with zero attached hydrogens (tertiary/aromatic N) is 1. The molecule has 32 heavy (non-hydrogen) atoms. The fourth-order valence-electron chi connectivity index (χ4n) is 2.96. The van der Waals surface area contributed by atoms with Crippen LogP contribution in [0.1, 0.15) is 34.6 Å². The number of aromatic carboxylic acids is 1. The predicted molar refractivity (Wildman–Crippen MR) is 114 cm³/mol. The van der Waals surface area contributed by atoms with Crippen LogP contribution in [0.15, 0.2) is 54.7 Å². The van der Waals surface area contributed by atoms with Crippen molar-refractivity contribution in [1.29, 1.82) is 0 Å². The van der Waals surface area contributed by atoms with E-state index < -0.39 is 11.9 Å². The highest BCUT2D eigenvalue weighted by molar-refractivity contribution is 6.04. The largest absolute Gasteiger partial charge is 0.491 e. The van der Waals surface area contributed by atoms with E-state index in [2.05, 4.69) is 10.3 Å². The molecule has 9 nitrogen and oxygen atoms in total. The minimum Gasteiger partial charge on any atom is -0.491 e. The maximum absolute atomic E-state index is 12.8. The zero-order chi connectivity index (χ0) is 22.7. The number of pyridine rings is 1. The van der Waals surface area contributed by atoms with Gasteiger partial charge in [-0.1, -0.05) is 0 Å². The number of rotatable bonds is 7. The number of carboxylic acids is 1. The molecular formula is C23H20N2O7. The molecule has 0 unspecified atom stereocenters. The average Bonchev–Trinajstić information content (AvgIpc) is 3.21. The zero-order valence-electron chi connectivity index (χ0n) is 17.3. The normalized spacial score (nSPS) is 11.8. The molecule has 0 saturated carbocycles. The topological polar surface area (TPSA) is 116 Å². The van der Waals surface area contributed by atoms with Gasteiger partial charge in [-0.05, 0) is 50.2 Å². The number of nitrogens with one attached hydrogen (secondary N) is 1. The minimum absolute atomic E-state index is 0.0229. The molecular weight excluding hydrogens is 416 g/mol. The molecule has 2 aromatic carbocycles. The van der Waals surface area contributed by atoms with Crippen molar-refractivity contribution in [2.75, 3.05) is 12.1 Å². The lowest BCUT2D eigenvalue weighted by molar-refractivity contribution is 0.0696. The SMILES string of the molecule is CC(C)Oc1cc(Oc2ccc3c(c2)OCO3)cc(C(=O)Nc2ccc(C(=O)O)cn2)c1. The van der Waals surface area contributed by atoms with Gasteiger partial charge in [0.25, 0.3) is 5.91 Å². The number of carboxylic acid groups (broad SMARTS) is 1. The summed E-state index contributed by atoms with van der Waals surface area (Å²) in [5.74, 6) is 1.23. The number of anilines is 1. The van der Waals surface area contributed by atoms with Gasteiger partial charge in [-0.3, -0.25) is 4.79 Å². The van der Waals surface area contributed by atoms with Crippen LogP contribution in [-0.2, 0) is 0 Å². The van der Waals surface area contributed by atoms with Crippen molar-refractivity contribution in [2.45, 2.75) is 20.0 Å². The van der Waals surface area contributed by atoms with Gasteiger partial charge in [0.15, 0.2) is 11.5 Å². The standard InChI is InChI=1S/C23H20N2O7/c1-13(2)31-17-7-15(22(26)25-21-6-3-14(11-24-21)23(27)28)8-18(9-17)32-16-4-5-19-20(10-16)30-12-29-19/h3-11,13H,12H2,1-2H3,(H,27,28)(H,24,25,26). The van der Waals surface area contributed by atoms with Crippen LogP contribution in [0.25, 0.3) is 0 Å². The maximum Gasteiger partial charge on any atom is 0.337 e. The molecule has 0 spiro atoms. The fourth-order valence-corrected chi connectivity index (χ4v) is 2.96. The van der Waals surface area contributed by atoms with Gasteiger partial charge in [-0.15, -0.1) is 0 Å². The Kier molecular flexibility index (Phi) is 5.80. The third-order valence-electron chi connectivity index (χ3n) is 4.35. The lowest BCUT2D eigenvalue weighted by Gasteiger charge is -2.14. The van der Waals surface area contributed by atoms with Gasteiger partial charge in [0, 0.05) is 23.9 Å². The minimum atomic E-state index is -1.10. The van der Waals surface area contributed by atoms with E-state index in [1.807, 2.05) is 13.8 Å². The molecule has 0 fully saturated rings. The molecule has 0 saturated heterocycles. The number of hydrogen-bond acceptors (Lipinski definition) is 7. The summed E-state index contributed by atoms with van der Waals surface area (Å²) in [6.45, 7) is 3.90. The first-order valence-corrected chi connectivity index (χ1v) is 9.77. The quantitative estimate of drug-likeness (QED) is 0.562. The van der Waals surface area contributed by atoms with E-state index in [0.29, 0.717) is 28.7 Å². The monoisotopic (exact) mass is 436 g/mol. The van der Waals surface area contributed by atoms with Gasteiger partial charge in [-0.2, -0.15) is 0 Å². The van der Waals surface area contributed by atoms with E-state index in [4.69, 9.17) is 24.1 Å². The Morgan fingerprint density at radius 1 is 0.969 bits per heavy atom. The number of carbonyl (C=O) groups is 2. The van der Waals surface area contributed by atoms with Gasteiger partial charge >= 0.3 is 5.97 Å². The molecule has 3 aromatic rings. The molecule has 0 aliphatic carbocycles. The van der Waals surface area contributed by atoms with Gasteiger partial charge in [0.1, 0.15) is 23.1 Å². The fraction of sp³-hybridized carbons (Fsp3) is 0.174.